The maximum Gasteiger partial charge on any atom is 0.179 e. The molecule has 0 amide bonds. The number of ether oxygens (including phenoxy) is 2. The van der Waals surface area contributed by atoms with E-state index in [-0.39, 0.29) is 10.8 Å². The van der Waals surface area contributed by atoms with Crippen LogP contribution < -0.4 is 9.47 Å². The maximum atomic E-state index is 13.1. The van der Waals surface area contributed by atoms with Gasteiger partial charge in [-0.2, -0.15) is 0 Å². The lowest BCUT2D eigenvalue weighted by molar-refractivity contribution is 0.297. The van der Waals surface area contributed by atoms with Crippen LogP contribution in [0.25, 0.3) is 0 Å². The zero-order valence-electron chi connectivity index (χ0n) is 12.7. The molecule has 0 fully saturated rings. The number of hydrogen-bond donors (Lipinski definition) is 0. The van der Waals surface area contributed by atoms with E-state index in [0.717, 1.165) is 12.0 Å². The minimum absolute atomic E-state index is 0.241. The molecule has 2 aromatic rings. The molecule has 1 aliphatic heterocycles. The molecule has 0 radical (unpaired) electrons. The molecule has 3 nitrogen and oxygen atoms in total. The fourth-order valence-corrected chi connectivity index (χ4v) is 4.26. The van der Waals surface area contributed by atoms with Gasteiger partial charge in [-0.05, 0) is 35.4 Å². The molecule has 0 bridgehead atoms. The average molecular weight is 389 g/mol. The Morgan fingerprint density at radius 1 is 1.04 bits per heavy atom. The van der Waals surface area contributed by atoms with Crippen LogP contribution in [-0.4, -0.2) is 17.4 Å². The van der Waals surface area contributed by atoms with Gasteiger partial charge in [-0.1, -0.05) is 29.3 Å². The van der Waals surface area contributed by atoms with Crippen molar-refractivity contribution in [3.8, 4) is 11.5 Å². The lowest BCUT2D eigenvalue weighted by Crippen LogP contribution is -2.02. The summed E-state index contributed by atoms with van der Waals surface area (Å²) in [5.41, 5.74) is 1.44. The van der Waals surface area contributed by atoms with Crippen LogP contribution in [-0.2, 0) is 22.3 Å². The zero-order valence-corrected chi connectivity index (χ0v) is 15.0. The molecule has 2 aromatic carbocycles. The third-order valence-electron chi connectivity index (χ3n) is 3.52. The Kier molecular flexibility index (Phi) is 5.64. The van der Waals surface area contributed by atoms with E-state index in [0.29, 0.717) is 41.1 Å². The van der Waals surface area contributed by atoms with Gasteiger partial charge in [0.05, 0.1) is 24.0 Å². The van der Waals surface area contributed by atoms with Gasteiger partial charge in [-0.15, -0.1) is 0 Å². The van der Waals surface area contributed by atoms with Gasteiger partial charge < -0.3 is 9.47 Å². The van der Waals surface area contributed by atoms with Crippen LogP contribution >= 0.6 is 23.2 Å². The van der Waals surface area contributed by atoms with Gasteiger partial charge in [0.25, 0.3) is 0 Å². The van der Waals surface area contributed by atoms with Crippen LogP contribution in [0.4, 0.5) is 4.39 Å². The summed E-state index contributed by atoms with van der Waals surface area (Å²) in [7, 11) is -1.21. The summed E-state index contributed by atoms with van der Waals surface area (Å²) in [4.78, 5) is 0. The van der Waals surface area contributed by atoms with Crippen molar-refractivity contribution in [3.63, 3.8) is 0 Å². The quantitative estimate of drug-likeness (QED) is 0.758. The topological polar surface area (TPSA) is 35.5 Å². The van der Waals surface area contributed by atoms with Crippen LogP contribution in [0.1, 0.15) is 17.5 Å². The molecule has 0 saturated carbocycles. The Morgan fingerprint density at radius 3 is 2.62 bits per heavy atom. The van der Waals surface area contributed by atoms with E-state index in [2.05, 4.69) is 0 Å². The van der Waals surface area contributed by atoms with Crippen LogP contribution in [0.15, 0.2) is 30.3 Å². The van der Waals surface area contributed by atoms with Gasteiger partial charge in [0.15, 0.2) is 11.5 Å². The van der Waals surface area contributed by atoms with Gasteiger partial charge in [0.1, 0.15) is 5.82 Å². The highest BCUT2D eigenvalue weighted by Crippen LogP contribution is 2.38. The Hall–Kier alpha value is -1.30. The predicted octanol–water partition coefficient (Wildman–Crippen LogP) is 4.74. The fraction of sp³-hybridized carbons (Fsp3) is 0.294. The van der Waals surface area contributed by atoms with Crippen molar-refractivity contribution in [2.45, 2.75) is 17.9 Å². The summed E-state index contributed by atoms with van der Waals surface area (Å²) in [6, 6.07) is 7.62. The molecule has 0 N–H and O–H groups in total. The molecule has 0 unspecified atom stereocenters. The van der Waals surface area contributed by atoms with Crippen molar-refractivity contribution in [2.24, 2.45) is 0 Å². The Bertz CT molecular complexity index is 783. The minimum Gasteiger partial charge on any atom is -0.489 e. The molecule has 3 rings (SSSR count). The first kappa shape index (κ1) is 17.5. The second-order valence-corrected chi connectivity index (χ2v) is 7.69. The Balaban J connectivity index is 1.74. The van der Waals surface area contributed by atoms with E-state index >= 15 is 0 Å². The third kappa shape index (κ3) is 4.21. The van der Waals surface area contributed by atoms with Crippen molar-refractivity contribution in [3.05, 3.63) is 57.3 Å². The monoisotopic (exact) mass is 388 g/mol. The first-order chi connectivity index (χ1) is 11.5. The number of fused-ring (bicyclic) bond motifs is 1. The van der Waals surface area contributed by atoms with Gasteiger partial charge in [-0.3, -0.25) is 4.21 Å². The molecule has 1 atom stereocenters. The first-order valence-corrected chi connectivity index (χ1v) is 9.64. The number of benzene rings is 2. The van der Waals surface area contributed by atoms with Crippen molar-refractivity contribution < 1.29 is 18.1 Å². The smallest absolute Gasteiger partial charge is 0.179 e. The Morgan fingerprint density at radius 2 is 1.83 bits per heavy atom. The summed E-state index contributed by atoms with van der Waals surface area (Å²) in [5.74, 6) is 1.23. The Labute approximate surface area is 152 Å². The van der Waals surface area contributed by atoms with E-state index in [1.54, 1.807) is 18.2 Å². The highest BCUT2D eigenvalue weighted by atomic mass is 35.5. The molecule has 0 aliphatic carbocycles. The van der Waals surface area contributed by atoms with E-state index in [1.807, 2.05) is 0 Å². The highest BCUT2D eigenvalue weighted by molar-refractivity contribution is 7.83. The predicted molar refractivity (Wildman–Crippen MR) is 94.0 cm³/mol. The zero-order chi connectivity index (χ0) is 17.1. The normalized spacial score (nSPS) is 15.0. The van der Waals surface area contributed by atoms with Crippen LogP contribution in [0.3, 0.4) is 0 Å². The van der Waals surface area contributed by atoms with Gasteiger partial charge in [0.2, 0.25) is 0 Å². The van der Waals surface area contributed by atoms with Gasteiger partial charge >= 0.3 is 0 Å². The second kappa shape index (κ2) is 7.72. The summed E-state index contributed by atoms with van der Waals surface area (Å²) in [5, 5.41) is 0.723. The number of hydrogen-bond acceptors (Lipinski definition) is 3. The van der Waals surface area contributed by atoms with E-state index < -0.39 is 16.6 Å². The van der Waals surface area contributed by atoms with E-state index in [9.17, 15) is 8.60 Å². The van der Waals surface area contributed by atoms with Gasteiger partial charge in [-0.25, -0.2) is 4.39 Å². The molecule has 0 aromatic heterocycles. The molecule has 1 heterocycles. The maximum absolute atomic E-state index is 13.1. The second-order valence-electron chi connectivity index (χ2n) is 5.42. The first-order valence-electron chi connectivity index (χ1n) is 7.40. The van der Waals surface area contributed by atoms with E-state index in [4.69, 9.17) is 32.7 Å². The molecule has 24 heavy (non-hydrogen) atoms. The summed E-state index contributed by atoms with van der Waals surface area (Å²) >= 11 is 12.2. The third-order valence-corrected chi connectivity index (χ3v) is 5.44. The molecular weight excluding hydrogens is 374 g/mol. The summed E-state index contributed by atoms with van der Waals surface area (Å²) in [6.07, 6.45) is 0.787. The van der Waals surface area contributed by atoms with E-state index in [1.165, 1.54) is 12.1 Å². The highest BCUT2D eigenvalue weighted by Gasteiger charge is 2.17. The average Bonchev–Trinajstić information content (AvgIpc) is 2.76. The van der Waals surface area contributed by atoms with Crippen LogP contribution in [0, 0.1) is 5.82 Å². The van der Waals surface area contributed by atoms with Crippen molar-refractivity contribution in [1.82, 2.24) is 0 Å². The summed E-state index contributed by atoms with van der Waals surface area (Å²) in [6.45, 7) is 1.11. The van der Waals surface area contributed by atoms with Crippen molar-refractivity contribution in [2.75, 3.05) is 13.2 Å². The number of halogens is 3. The standard InChI is InChI=1S/C17H15Cl2FO3S/c18-14-8-13(20)3-2-12(14)10-24(21)9-11-6-15(19)17-16(7-11)22-4-1-5-23-17/h2-3,6-8H,1,4-5,9-10H2/t24-/m0/s1. The largest absolute Gasteiger partial charge is 0.489 e. The van der Waals surface area contributed by atoms with Crippen LogP contribution in [0.5, 0.6) is 11.5 Å². The molecule has 7 heteroatoms. The number of rotatable bonds is 4. The SMILES string of the molecule is O=[S@@](Cc1cc(Cl)c2c(c1)OCCCO2)Cc1ccc(F)cc1Cl. The summed E-state index contributed by atoms with van der Waals surface area (Å²) < 4.78 is 36.7. The molecular formula is C17H15Cl2FO3S. The molecule has 1 aliphatic rings. The fourth-order valence-electron chi connectivity index (χ4n) is 2.42. The van der Waals surface area contributed by atoms with Gasteiger partial charge in [0, 0.05) is 28.0 Å². The van der Waals surface area contributed by atoms with Crippen molar-refractivity contribution in [1.29, 1.82) is 0 Å². The molecule has 0 spiro atoms. The molecule has 0 saturated heterocycles. The van der Waals surface area contributed by atoms with Crippen LogP contribution in [0.2, 0.25) is 10.0 Å². The van der Waals surface area contributed by atoms with Crippen molar-refractivity contribution >= 4 is 34.0 Å². The minimum atomic E-state index is -1.21. The lowest BCUT2D eigenvalue weighted by atomic mass is 10.2. The molecule has 128 valence electrons. The lowest BCUT2D eigenvalue weighted by Gasteiger charge is -2.12.